The molecular weight excluding hydrogens is 290 g/mol. The second-order valence-electron chi connectivity index (χ2n) is 5.99. The monoisotopic (exact) mass is 309 g/mol. The normalized spacial score (nSPS) is 30.1. The Morgan fingerprint density at radius 3 is 2.43 bits per heavy atom. The SMILES string of the molecule is COc1ncc(C(=O)C2CC3CCC(C2)S3(=O)=O)cc1C. The number of sulfone groups is 1. The number of ketones is 1. The molecule has 21 heavy (non-hydrogen) atoms. The molecule has 0 aromatic carbocycles. The van der Waals surface area contributed by atoms with Crippen molar-refractivity contribution in [3.63, 3.8) is 0 Å². The quantitative estimate of drug-likeness (QED) is 0.798. The molecule has 2 aliphatic heterocycles. The Hall–Kier alpha value is -1.43. The predicted molar refractivity (Wildman–Crippen MR) is 78.3 cm³/mol. The molecule has 2 fully saturated rings. The second kappa shape index (κ2) is 5.09. The molecule has 3 heterocycles. The lowest BCUT2D eigenvalue weighted by Gasteiger charge is -2.27. The standard InChI is InChI=1S/C15H19NO4S/c1-9-5-11(8-16-15(9)20-2)14(17)10-6-12-3-4-13(7-10)21(12,18)19/h5,8,10,12-13H,3-4,6-7H2,1-2H3. The molecule has 2 unspecified atom stereocenters. The molecule has 0 radical (unpaired) electrons. The van der Waals surface area contributed by atoms with Crippen LogP contribution in [0.2, 0.25) is 0 Å². The Morgan fingerprint density at radius 2 is 1.90 bits per heavy atom. The van der Waals surface area contributed by atoms with Gasteiger partial charge < -0.3 is 4.74 Å². The molecule has 2 aliphatic rings. The van der Waals surface area contributed by atoms with Crippen LogP contribution in [0.4, 0.5) is 0 Å². The summed E-state index contributed by atoms with van der Waals surface area (Å²) >= 11 is 0. The van der Waals surface area contributed by atoms with Gasteiger partial charge in [-0.15, -0.1) is 0 Å². The van der Waals surface area contributed by atoms with E-state index in [4.69, 9.17) is 4.74 Å². The highest BCUT2D eigenvalue weighted by Crippen LogP contribution is 2.42. The highest BCUT2D eigenvalue weighted by molar-refractivity contribution is 7.93. The first-order valence-electron chi connectivity index (χ1n) is 7.21. The number of ether oxygens (including phenoxy) is 1. The minimum atomic E-state index is -2.98. The number of aryl methyl sites for hydroxylation is 1. The number of rotatable bonds is 3. The lowest BCUT2D eigenvalue weighted by molar-refractivity contribution is 0.0905. The number of methoxy groups -OCH3 is 1. The first-order valence-corrected chi connectivity index (χ1v) is 8.82. The highest BCUT2D eigenvalue weighted by Gasteiger charge is 2.48. The van der Waals surface area contributed by atoms with Gasteiger partial charge >= 0.3 is 0 Å². The van der Waals surface area contributed by atoms with Gasteiger partial charge in [0.25, 0.3) is 0 Å². The molecule has 0 N–H and O–H groups in total. The van der Waals surface area contributed by atoms with Gasteiger partial charge in [-0.05, 0) is 38.7 Å². The summed E-state index contributed by atoms with van der Waals surface area (Å²) in [5, 5.41) is -0.644. The number of carbonyl (C=O) groups excluding carboxylic acids is 1. The van der Waals surface area contributed by atoms with E-state index in [0.717, 1.165) is 5.56 Å². The smallest absolute Gasteiger partial charge is 0.215 e. The summed E-state index contributed by atoms with van der Waals surface area (Å²) in [4.78, 5) is 16.7. The van der Waals surface area contributed by atoms with E-state index in [0.29, 0.717) is 37.1 Å². The Labute approximate surface area is 124 Å². The summed E-state index contributed by atoms with van der Waals surface area (Å²) in [5.74, 6) is 0.332. The van der Waals surface area contributed by atoms with Gasteiger partial charge in [0, 0.05) is 23.2 Å². The van der Waals surface area contributed by atoms with Crippen LogP contribution < -0.4 is 4.74 Å². The number of carbonyl (C=O) groups is 1. The number of hydrogen-bond acceptors (Lipinski definition) is 5. The van der Waals surface area contributed by atoms with E-state index in [1.54, 1.807) is 13.2 Å². The minimum absolute atomic E-state index is 0.0139. The van der Waals surface area contributed by atoms with E-state index in [-0.39, 0.29) is 22.2 Å². The van der Waals surface area contributed by atoms with Crippen LogP contribution in [0.1, 0.15) is 41.6 Å². The lowest BCUT2D eigenvalue weighted by Crippen LogP contribution is -2.36. The zero-order valence-electron chi connectivity index (χ0n) is 12.2. The Kier molecular flexibility index (Phi) is 3.51. The average molecular weight is 309 g/mol. The number of aromatic nitrogens is 1. The fraction of sp³-hybridized carbons (Fsp3) is 0.600. The van der Waals surface area contributed by atoms with Crippen molar-refractivity contribution in [2.75, 3.05) is 7.11 Å². The fourth-order valence-corrected chi connectivity index (χ4v) is 6.04. The lowest BCUT2D eigenvalue weighted by atomic mass is 9.90. The highest BCUT2D eigenvalue weighted by atomic mass is 32.2. The molecule has 2 atom stereocenters. The number of Topliss-reactive ketones (excluding diaryl/α,β-unsaturated/α-hetero) is 1. The zero-order chi connectivity index (χ0) is 15.2. The van der Waals surface area contributed by atoms with Crippen molar-refractivity contribution in [2.24, 2.45) is 5.92 Å². The Bertz CT molecular complexity index is 663. The molecule has 6 heteroatoms. The van der Waals surface area contributed by atoms with E-state index in [2.05, 4.69) is 4.98 Å². The maximum absolute atomic E-state index is 12.6. The van der Waals surface area contributed by atoms with E-state index in [1.807, 2.05) is 6.92 Å². The molecule has 1 aromatic rings. The van der Waals surface area contributed by atoms with Crippen LogP contribution in [-0.2, 0) is 9.84 Å². The van der Waals surface area contributed by atoms with E-state index >= 15 is 0 Å². The summed E-state index contributed by atoms with van der Waals surface area (Å²) in [6.07, 6.45) is 3.86. The van der Waals surface area contributed by atoms with Crippen LogP contribution in [0.3, 0.4) is 0 Å². The summed E-state index contributed by atoms with van der Waals surface area (Å²) in [6, 6.07) is 1.78. The summed E-state index contributed by atoms with van der Waals surface area (Å²) < 4.78 is 29.2. The van der Waals surface area contributed by atoms with Crippen LogP contribution in [0.25, 0.3) is 0 Å². The average Bonchev–Trinajstić information content (AvgIpc) is 2.66. The summed E-state index contributed by atoms with van der Waals surface area (Å²) in [6.45, 7) is 1.84. The van der Waals surface area contributed by atoms with E-state index in [9.17, 15) is 13.2 Å². The van der Waals surface area contributed by atoms with Crippen molar-refractivity contribution >= 4 is 15.6 Å². The van der Waals surface area contributed by atoms with Crippen molar-refractivity contribution in [3.8, 4) is 5.88 Å². The third-order valence-electron chi connectivity index (χ3n) is 4.71. The molecule has 2 bridgehead atoms. The van der Waals surface area contributed by atoms with Gasteiger partial charge in [-0.25, -0.2) is 13.4 Å². The zero-order valence-corrected chi connectivity index (χ0v) is 13.0. The van der Waals surface area contributed by atoms with Crippen molar-refractivity contribution in [3.05, 3.63) is 23.4 Å². The first kappa shape index (κ1) is 14.5. The van der Waals surface area contributed by atoms with Crippen molar-refractivity contribution in [1.82, 2.24) is 4.98 Å². The van der Waals surface area contributed by atoms with Crippen LogP contribution in [-0.4, -0.2) is 36.8 Å². The number of pyridine rings is 1. The molecule has 0 amide bonds. The van der Waals surface area contributed by atoms with Gasteiger partial charge in [-0.3, -0.25) is 4.79 Å². The van der Waals surface area contributed by atoms with Crippen molar-refractivity contribution in [2.45, 2.75) is 43.1 Å². The predicted octanol–water partition coefficient (Wildman–Crippen LogP) is 1.94. The summed E-state index contributed by atoms with van der Waals surface area (Å²) in [5.41, 5.74) is 1.37. The van der Waals surface area contributed by atoms with Crippen LogP contribution in [0.15, 0.2) is 12.3 Å². The number of nitrogens with zero attached hydrogens (tertiary/aromatic N) is 1. The van der Waals surface area contributed by atoms with E-state index in [1.165, 1.54) is 6.20 Å². The van der Waals surface area contributed by atoms with Gasteiger partial charge in [-0.1, -0.05) is 0 Å². The largest absolute Gasteiger partial charge is 0.481 e. The Balaban J connectivity index is 1.83. The van der Waals surface area contributed by atoms with Crippen LogP contribution >= 0.6 is 0 Å². The molecule has 2 saturated heterocycles. The van der Waals surface area contributed by atoms with Gasteiger partial charge in [0.05, 0.1) is 17.6 Å². The van der Waals surface area contributed by atoms with Gasteiger partial charge in [0.1, 0.15) is 0 Å². The van der Waals surface area contributed by atoms with Crippen LogP contribution in [0.5, 0.6) is 5.88 Å². The maximum Gasteiger partial charge on any atom is 0.215 e. The second-order valence-corrected chi connectivity index (χ2v) is 8.50. The third kappa shape index (κ3) is 2.35. The minimum Gasteiger partial charge on any atom is -0.481 e. The topological polar surface area (TPSA) is 73.3 Å². The molecule has 114 valence electrons. The molecular formula is C15H19NO4S. The van der Waals surface area contributed by atoms with E-state index < -0.39 is 9.84 Å². The summed E-state index contributed by atoms with van der Waals surface area (Å²) in [7, 11) is -1.44. The maximum atomic E-state index is 12.6. The van der Waals surface area contributed by atoms with Crippen LogP contribution in [0, 0.1) is 12.8 Å². The van der Waals surface area contributed by atoms with Gasteiger partial charge in [0.2, 0.25) is 5.88 Å². The first-order chi connectivity index (χ1) is 9.93. The number of hydrogen-bond donors (Lipinski definition) is 0. The third-order valence-corrected chi connectivity index (χ3v) is 7.43. The molecule has 3 rings (SSSR count). The molecule has 0 spiro atoms. The molecule has 0 aliphatic carbocycles. The molecule has 1 aromatic heterocycles. The van der Waals surface area contributed by atoms with Gasteiger partial charge in [0.15, 0.2) is 15.6 Å². The number of fused-ring (bicyclic) bond motifs is 2. The Morgan fingerprint density at radius 1 is 1.29 bits per heavy atom. The molecule has 5 nitrogen and oxygen atoms in total. The van der Waals surface area contributed by atoms with Gasteiger partial charge in [-0.2, -0.15) is 0 Å². The van der Waals surface area contributed by atoms with Crippen molar-refractivity contribution < 1.29 is 17.9 Å². The molecule has 0 saturated carbocycles. The van der Waals surface area contributed by atoms with Crippen molar-refractivity contribution in [1.29, 1.82) is 0 Å². The fourth-order valence-electron chi connectivity index (χ4n) is 3.57.